The number of carbonyl (C=O) groups excluding carboxylic acids is 3. The number of aromatic nitrogens is 3. The van der Waals surface area contributed by atoms with E-state index in [1.807, 2.05) is 18.5 Å². The van der Waals surface area contributed by atoms with E-state index < -0.39 is 33.7 Å². The number of esters is 1. The van der Waals surface area contributed by atoms with E-state index in [1.54, 1.807) is 7.11 Å². The van der Waals surface area contributed by atoms with Crippen molar-refractivity contribution in [3.8, 4) is 22.5 Å². The monoisotopic (exact) mass is 880 g/mol. The molecule has 4 aliphatic rings. The SMILES string of the molecule is CCn1c(-c2cc(N3CCN(C)CC3)cnc2[C@@](C)([Si])OC)c2c3cc(ccc31)-c1csc(n1)CC([Si])(NC(=O)[C@H]1C[C@@H]1CO)C(=O)N1CCC[C@H](N1)C(=O)OCC(C)(C)C2. The quantitative estimate of drug-likeness (QED) is 0.177. The van der Waals surface area contributed by atoms with Gasteiger partial charge in [0.25, 0.3) is 5.91 Å². The molecule has 17 heteroatoms. The molecule has 1 saturated carbocycles. The van der Waals surface area contributed by atoms with Crippen molar-refractivity contribution >= 4 is 66.2 Å². The van der Waals surface area contributed by atoms with Gasteiger partial charge in [0.05, 0.1) is 66.3 Å². The van der Waals surface area contributed by atoms with Crippen molar-refractivity contribution < 1.29 is 29.0 Å². The fourth-order valence-electron chi connectivity index (χ4n) is 8.97. The average Bonchev–Trinajstić information content (AvgIpc) is 3.82. The Labute approximate surface area is 368 Å². The van der Waals surface area contributed by atoms with Crippen molar-refractivity contribution in [3.05, 3.63) is 52.1 Å². The number of pyridine rings is 1. The summed E-state index contributed by atoms with van der Waals surface area (Å²) in [4.78, 5) is 56.7. The number of fused-ring (bicyclic) bond motifs is 6. The Hall–Kier alpha value is -3.98. The molecule has 6 bridgehead atoms. The number of ether oxygens (including phenoxy) is 2. The third kappa shape index (κ3) is 8.71. The Morgan fingerprint density at radius 1 is 1.16 bits per heavy atom. The highest BCUT2D eigenvalue weighted by Gasteiger charge is 2.48. The van der Waals surface area contributed by atoms with Gasteiger partial charge in [0.1, 0.15) is 11.2 Å². The number of methoxy groups -OCH3 is 1. The molecule has 1 aromatic carbocycles. The van der Waals surface area contributed by atoms with Crippen LogP contribution < -0.4 is 15.6 Å². The molecule has 4 aromatic rings. The van der Waals surface area contributed by atoms with Crippen LogP contribution in [0.5, 0.6) is 0 Å². The summed E-state index contributed by atoms with van der Waals surface area (Å²) in [7, 11) is 11.5. The summed E-state index contributed by atoms with van der Waals surface area (Å²) in [5.41, 5.74) is 10.2. The molecule has 322 valence electrons. The standard InChI is InChI=1S/C44H56N8O6SSi2/c1-7-51-35-11-10-26-17-30(35)32(37(51)31-19-28(50-15-13-49(5)14-16-50)22-45-38(31)43(4,60)57-6)20-42(2,3)25-58-40(55)33-9-8-12-52(48-33)41(56)44(61,21-36-46-34(26)24-59-36)47-39(54)29-18-27(29)23-53/h10-11,17,19,22,24,27,29,33,48,53H,7-9,12-16,18,20-21,23,25H2,1-6H3,(H,47,54)/t27-,29+,33+,43-,44?/m1/s1. The Kier molecular flexibility index (Phi) is 12.1. The van der Waals surface area contributed by atoms with Gasteiger partial charge in [0.15, 0.2) is 0 Å². The molecule has 14 nitrogen and oxygen atoms in total. The predicted molar refractivity (Wildman–Crippen MR) is 237 cm³/mol. The smallest absolute Gasteiger partial charge is 0.324 e. The zero-order valence-corrected chi connectivity index (χ0v) is 38.8. The number of cyclic esters (lactones) is 1. The number of hydrogen-bond donors (Lipinski definition) is 3. The van der Waals surface area contributed by atoms with Crippen molar-refractivity contribution in [2.24, 2.45) is 17.3 Å². The van der Waals surface area contributed by atoms with E-state index in [4.69, 9.17) is 19.4 Å². The van der Waals surface area contributed by atoms with Crippen LogP contribution in [0.1, 0.15) is 63.2 Å². The number of rotatable bonds is 8. The van der Waals surface area contributed by atoms with Gasteiger partial charge in [0.2, 0.25) is 5.91 Å². The van der Waals surface area contributed by atoms with Crippen LogP contribution in [0, 0.1) is 17.3 Å². The van der Waals surface area contributed by atoms with Gasteiger partial charge in [-0.25, -0.2) is 10.4 Å². The number of anilines is 1. The number of carbonyl (C=O) groups is 3. The van der Waals surface area contributed by atoms with Crippen LogP contribution in [-0.2, 0) is 48.5 Å². The molecule has 2 saturated heterocycles. The van der Waals surface area contributed by atoms with Crippen LogP contribution in [0.2, 0.25) is 0 Å². The lowest BCUT2D eigenvalue weighted by atomic mass is 9.84. The Morgan fingerprint density at radius 2 is 1.93 bits per heavy atom. The molecule has 3 aromatic heterocycles. The minimum Gasteiger partial charge on any atom is -0.464 e. The molecule has 3 aliphatic heterocycles. The predicted octanol–water partition coefficient (Wildman–Crippen LogP) is 3.36. The molecule has 61 heavy (non-hydrogen) atoms. The maximum Gasteiger partial charge on any atom is 0.324 e. The maximum atomic E-state index is 14.4. The van der Waals surface area contributed by atoms with Crippen molar-refractivity contribution in [2.45, 2.75) is 82.8 Å². The third-order valence-corrected chi connectivity index (χ3v) is 14.6. The van der Waals surface area contributed by atoms with E-state index in [2.05, 4.69) is 97.7 Å². The molecule has 0 spiro atoms. The summed E-state index contributed by atoms with van der Waals surface area (Å²) in [6.45, 7) is 13.1. The molecular weight excluding hydrogens is 825 g/mol. The molecule has 6 heterocycles. The number of aliphatic hydroxyl groups excluding tert-OH is 1. The summed E-state index contributed by atoms with van der Waals surface area (Å²) < 4.78 is 14.6. The highest BCUT2D eigenvalue weighted by Crippen LogP contribution is 2.44. The zero-order valence-electron chi connectivity index (χ0n) is 36.0. The van der Waals surface area contributed by atoms with Crippen LogP contribution in [0.3, 0.4) is 0 Å². The van der Waals surface area contributed by atoms with E-state index in [0.29, 0.717) is 43.8 Å². The topological polar surface area (TPSA) is 154 Å². The highest BCUT2D eigenvalue weighted by molar-refractivity contribution is 7.10. The normalized spacial score (nSPS) is 25.8. The number of aliphatic hydroxyl groups is 1. The van der Waals surface area contributed by atoms with Crippen molar-refractivity contribution in [1.29, 1.82) is 0 Å². The fourth-order valence-corrected chi connectivity index (χ4v) is 10.6. The molecule has 8 rings (SSSR count). The summed E-state index contributed by atoms with van der Waals surface area (Å²) >= 11 is 1.42. The van der Waals surface area contributed by atoms with Gasteiger partial charge in [-0.05, 0) is 76.3 Å². The molecule has 1 unspecified atom stereocenters. The van der Waals surface area contributed by atoms with E-state index in [9.17, 15) is 19.5 Å². The third-order valence-electron chi connectivity index (χ3n) is 12.8. The lowest BCUT2D eigenvalue weighted by Gasteiger charge is -2.39. The molecule has 5 atom stereocenters. The van der Waals surface area contributed by atoms with Crippen LogP contribution in [0.4, 0.5) is 5.69 Å². The lowest BCUT2D eigenvalue weighted by Crippen LogP contribution is -2.67. The van der Waals surface area contributed by atoms with E-state index >= 15 is 0 Å². The highest BCUT2D eigenvalue weighted by atomic mass is 32.1. The first-order valence-corrected chi connectivity index (χ1v) is 23.2. The summed E-state index contributed by atoms with van der Waals surface area (Å²) in [5.74, 6) is -1.71. The molecule has 3 N–H and O–H groups in total. The number of nitrogens with one attached hydrogen (secondary N) is 2. The number of piperazine rings is 1. The number of hydrogen-bond acceptors (Lipinski definition) is 12. The molecule has 3 fully saturated rings. The second kappa shape index (κ2) is 17.0. The Balaban J connectivity index is 1.28. The summed E-state index contributed by atoms with van der Waals surface area (Å²) in [6, 6.07) is 7.93. The zero-order chi connectivity index (χ0) is 43.4. The van der Waals surface area contributed by atoms with Gasteiger partial charge in [-0.1, -0.05) is 19.9 Å². The average molecular weight is 881 g/mol. The van der Waals surface area contributed by atoms with Crippen LogP contribution in [0.25, 0.3) is 33.4 Å². The fraction of sp³-hybridized carbons (Fsp3) is 0.568. The molecular formula is C44H56N8O6SSi2. The number of nitrogens with zero attached hydrogens (tertiary/aromatic N) is 6. The summed E-state index contributed by atoms with van der Waals surface area (Å²) in [6.07, 6.45) is 4.19. The number of hydrazine groups is 1. The first kappa shape index (κ1) is 43.7. The molecule has 2 amide bonds. The van der Waals surface area contributed by atoms with Gasteiger partial charge >= 0.3 is 5.97 Å². The number of thiazole rings is 1. The Morgan fingerprint density at radius 3 is 2.64 bits per heavy atom. The van der Waals surface area contributed by atoms with Crippen LogP contribution in [-0.4, -0.2) is 139 Å². The van der Waals surface area contributed by atoms with Crippen molar-refractivity contribution in [2.75, 3.05) is 65.0 Å². The first-order chi connectivity index (χ1) is 29.0. The minimum atomic E-state index is -1.57. The van der Waals surface area contributed by atoms with Gasteiger partial charge in [-0.15, -0.1) is 11.3 Å². The van der Waals surface area contributed by atoms with E-state index in [-0.39, 0.29) is 37.4 Å². The van der Waals surface area contributed by atoms with Gasteiger partial charge in [-0.3, -0.25) is 24.4 Å². The second-order valence-corrected chi connectivity index (χ2v) is 20.9. The van der Waals surface area contributed by atoms with Crippen LogP contribution in [0.15, 0.2) is 35.8 Å². The van der Waals surface area contributed by atoms with Crippen LogP contribution >= 0.6 is 11.3 Å². The molecule has 6 radical (unpaired) electrons. The van der Waals surface area contributed by atoms with Gasteiger partial charge in [0, 0.05) is 98.1 Å². The van der Waals surface area contributed by atoms with E-state index in [1.165, 1.54) is 16.3 Å². The lowest BCUT2D eigenvalue weighted by molar-refractivity contribution is -0.156. The number of amides is 2. The number of benzene rings is 1. The van der Waals surface area contributed by atoms with Crippen molar-refractivity contribution in [1.82, 2.24) is 35.2 Å². The minimum absolute atomic E-state index is 0.0606. The number of aryl methyl sites for hydroxylation is 1. The number of likely N-dealkylation sites (N-methyl/N-ethyl adjacent to an activating group) is 1. The maximum absolute atomic E-state index is 14.4. The second-order valence-electron chi connectivity index (χ2n) is 18.1. The Bertz CT molecular complexity index is 2330. The van der Waals surface area contributed by atoms with Gasteiger partial charge < -0.3 is 34.3 Å². The van der Waals surface area contributed by atoms with Gasteiger partial charge in [-0.2, -0.15) is 0 Å². The summed E-state index contributed by atoms with van der Waals surface area (Å²) in [5, 5.41) is 15.3. The molecule has 1 aliphatic carbocycles. The first-order valence-electron chi connectivity index (χ1n) is 21.3. The van der Waals surface area contributed by atoms with E-state index in [0.717, 1.165) is 76.5 Å². The van der Waals surface area contributed by atoms with Crippen molar-refractivity contribution in [3.63, 3.8) is 0 Å². The largest absolute Gasteiger partial charge is 0.464 e.